The van der Waals surface area contributed by atoms with Gasteiger partial charge >= 0.3 is 11.9 Å². The first kappa shape index (κ1) is 22.2. The number of ether oxygens (including phenoxy) is 1. The molecule has 0 saturated heterocycles. The minimum Gasteiger partial charge on any atom is -0.481 e. The van der Waals surface area contributed by atoms with Crippen LogP contribution in [0, 0.1) is 11.3 Å². The van der Waals surface area contributed by atoms with Crippen LogP contribution in [-0.2, 0) is 20.7 Å². The van der Waals surface area contributed by atoms with Crippen molar-refractivity contribution in [3.05, 3.63) is 35.9 Å². The van der Waals surface area contributed by atoms with Crippen LogP contribution in [0.5, 0.6) is 0 Å². The van der Waals surface area contributed by atoms with Gasteiger partial charge in [-0.2, -0.15) is 0 Å². The monoisotopic (exact) mass is 362 g/mol. The largest absolute Gasteiger partial charge is 0.481 e. The molecule has 0 bridgehead atoms. The average molecular weight is 363 g/mol. The van der Waals surface area contributed by atoms with Gasteiger partial charge in [0.2, 0.25) is 0 Å². The fourth-order valence-electron chi connectivity index (χ4n) is 3.14. The molecule has 0 aliphatic heterocycles. The molecule has 0 aromatic heterocycles. The molecular formula is C22H34O4. The van der Waals surface area contributed by atoms with Gasteiger partial charge in [-0.05, 0) is 52.0 Å². The lowest BCUT2D eigenvalue weighted by atomic mass is 9.75. The first-order valence-electron chi connectivity index (χ1n) is 9.60. The van der Waals surface area contributed by atoms with E-state index in [2.05, 4.69) is 0 Å². The Kier molecular flexibility index (Phi) is 8.32. The number of carboxylic acids is 1. The number of hydrogen-bond donors (Lipinski definition) is 1. The number of benzene rings is 1. The lowest BCUT2D eigenvalue weighted by Crippen LogP contribution is -2.33. The van der Waals surface area contributed by atoms with Gasteiger partial charge in [-0.3, -0.25) is 9.59 Å². The predicted octanol–water partition coefficient (Wildman–Crippen LogP) is 5.25. The van der Waals surface area contributed by atoms with Crippen molar-refractivity contribution in [2.24, 2.45) is 11.3 Å². The second-order valence-electron chi connectivity index (χ2n) is 8.28. The Bertz CT molecular complexity index is 574. The number of unbranched alkanes of at least 4 members (excludes halogenated alkanes) is 1. The van der Waals surface area contributed by atoms with Gasteiger partial charge in [0.25, 0.3) is 0 Å². The van der Waals surface area contributed by atoms with Crippen molar-refractivity contribution in [1.82, 2.24) is 0 Å². The maximum atomic E-state index is 12.0. The van der Waals surface area contributed by atoms with Gasteiger partial charge in [0.15, 0.2) is 0 Å². The summed E-state index contributed by atoms with van der Waals surface area (Å²) in [5.41, 5.74) is -0.156. The van der Waals surface area contributed by atoms with E-state index in [1.54, 1.807) is 0 Å². The molecule has 1 aromatic carbocycles. The van der Waals surface area contributed by atoms with Crippen LogP contribution >= 0.6 is 0 Å². The number of hydrogen-bond acceptors (Lipinski definition) is 3. The van der Waals surface area contributed by atoms with Gasteiger partial charge in [0, 0.05) is 0 Å². The minimum atomic E-state index is -0.740. The molecule has 0 fully saturated rings. The highest BCUT2D eigenvalue weighted by Gasteiger charge is 2.36. The Morgan fingerprint density at radius 3 is 2.23 bits per heavy atom. The lowest BCUT2D eigenvalue weighted by molar-refractivity contribution is -0.159. The third-order valence-electron chi connectivity index (χ3n) is 4.87. The van der Waals surface area contributed by atoms with Crippen molar-refractivity contribution in [2.75, 3.05) is 0 Å². The zero-order chi connectivity index (χ0) is 19.8. The predicted molar refractivity (Wildman–Crippen MR) is 104 cm³/mol. The Balaban J connectivity index is 2.57. The van der Waals surface area contributed by atoms with Crippen molar-refractivity contribution >= 4 is 11.9 Å². The maximum Gasteiger partial charge on any atom is 0.309 e. The SMILES string of the molecule is CCC(CCCCC(C)C(=O)OC(C)(C)C)(Cc1ccccc1)C(=O)O. The summed E-state index contributed by atoms with van der Waals surface area (Å²) in [6.45, 7) is 9.42. The summed E-state index contributed by atoms with van der Waals surface area (Å²) in [5, 5.41) is 9.84. The number of carboxylic acid groups (broad SMARTS) is 1. The molecule has 4 nitrogen and oxygen atoms in total. The van der Waals surface area contributed by atoms with E-state index in [-0.39, 0.29) is 11.9 Å². The summed E-state index contributed by atoms with van der Waals surface area (Å²) >= 11 is 0. The quantitative estimate of drug-likeness (QED) is 0.456. The standard InChI is InChI=1S/C22H34O4/c1-6-22(20(24)25,16-18-13-8-7-9-14-18)15-11-10-12-17(2)19(23)26-21(3,4)5/h7-9,13-14,17H,6,10-12,15-16H2,1-5H3,(H,24,25). The van der Waals surface area contributed by atoms with Crippen LogP contribution in [0.15, 0.2) is 30.3 Å². The van der Waals surface area contributed by atoms with Crippen LogP contribution in [0.2, 0.25) is 0 Å². The van der Waals surface area contributed by atoms with Crippen molar-refractivity contribution in [3.63, 3.8) is 0 Å². The van der Waals surface area contributed by atoms with E-state index in [4.69, 9.17) is 4.74 Å². The van der Waals surface area contributed by atoms with E-state index in [0.29, 0.717) is 19.3 Å². The molecular weight excluding hydrogens is 328 g/mol. The number of carbonyl (C=O) groups excluding carboxylic acids is 1. The Morgan fingerprint density at radius 1 is 1.12 bits per heavy atom. The summed E-state index contributed by atoms with van der Waals surface area (Å²) in [7, 11) is 0. The highest BCUT2D eigenvalue weighted by molar-refractivity contribution is 5.75. The highest BCUT2D eigenvalue weighted by Crippen LogP contribution is 2.34. The zero-order valence-electron chi connectivity index (χ0n) is 16.9. The van der Waals surface area contributed by atoms with E-state index in [0.717, 1.165) is 24.8 Å². The summed E-state index contributed by atoms with van der Waals surface area (Å²) in [6, 6.07) is 9.80. The third-order valence-corrected chi connectivity index (χ3v) is 4.87. The van der Waals surface area contributed by atoms with E-state index in [9.17, 15) is 14.7 Å². The second kappa shape index (κ2) is 9.75. The van der Waals surface area contributed by atoms with Crippen LogP contribution in [-0.4, -0.2) is 22.6 Å². The van der Waals surface area contributed by atoms with Crippen molar-refractivity contribution < 1.29 is 19.4 Å². The van der Waals surface area contributed by atoms with Gasteiger partial charge in [0.1, 0.15) is 5.60 Å². The molecule has 1 rings (SSSR count). The van der Waals surface area contributed by atoms with E-state index >= 15 is 0 Å². The summed E-state index contributed by atoms with van der Waals surface area (Å²) in [4.78, 5) is 24.0. The molecule has 146 valence electrons. The minimum absolute atomic E-state index is 0.163. The first-order chi connectivity index (χ1) is 12.1. The van der Waals surface area contributed by atoms with E-state index < -0.39 is 17.0 Å². The van der Waals surface area contributed by atoms with Crippen LogP contribution in [0.4, 0.5) is 0 Å². The number of aliphatic carboxylic acids is 1. The number of carbonyl (C=O) groups is 2. The molecule has 2 atom stereocenters. The first-order valence-corrected chi connectivity index (χ1v) is 9.60. The summed E-state index contributed by atoms with van der Waals surface area (Å²) in [6.07, 6.45) is 4.10. The maximum absolute atomic E-state index is 12.0. The van der Waals surface area contributed by atoms with Gasteiger partial charge < -0.3 is 9.84 Å². The molecule has 0 amide bonds. The normalized spacial score (nSPS) is 15.1. The topological polar surface area (TPSA) is 63.6 Å². The molecule has 1 N–H and O–H groups in total. The summed E-state index contributed by atoms with van der Waals surface area (Å²) < 4.78 is 5.40. The van der Waals surface area contributed by atoms with Gasteiger partial charge in [0.05, 0.1) is 11.3 Å². The molecule has 0 aliphatic carbocycles. The molecule has 4 heteroatoms. The Hall–Kier alpha value is -1.84. The molecule has 1 aromatic rings. The van der Waals surface area contributed by atoms with E-state index in [1.807, 2.05) is 65.0 Å². The fourth-order valence-corrected chi connectivity index (χ4v) is 3.14. The van der Waals surface area contributed by atoms with Gasteiger partial charge in [-0.1, -0.05) is 57.0 Å². The fraction of sp³-hybridized carbons (Fsp3) is 0.636. The molecule has 0 radical (unpaired) electrons. The molecule has 0 heterocycles. The van der Waals surface area contributed by atoms with Gasteiger partial charge in [-0.25, -0.2) is 0 Å². The Labute approximate surface area is 158 Å². The van der Waals surface area contributed by atoms with Crippen molar-refractivity contribution in [1.29, 1.82) is 0 Å². The van der Waals surface area contributed by atoms with Crippen LogP contribution < -0.4 is 0 Å². The molecule has 0 aliphatic rings. The smallest absolute Gasteiger partial charge is 0.309 e. The number of rotatable bonds is 10. The van der Waals surface area contributed by atoms with E-state index in [1.165, 1.54) is 0 Å². The van der Waals surface area contributed by atoms with Crippen LogP contribution in [0.25, 0.3) is 0 Å². The third kappa shape index (κ3) is 7.19. The van der Waals surface area contributed by atoms with Crippen LogP contribution in [0.1, 0.15) is 72.3 Å². The molecule has 2 unspecified atom stereocenters. The molecule has 26 heavy (non-hydrogen) atoms. The summed E-state index contributed by atoms with van der Waals surface area (Å²) in [5.74, 6) is -1.07. The second-order valence-corrected chi connectivity index (χ2v) is 8.28. The van der Waals surface area contributed by atoms with Crippen LogP contribution in [0.3, 0.4) is 0 Å². The number of esters is 1. The lowest BCUT2D eigenvalue weighted by Gasteiger charge is -2.28. The van der Waals surface area contributed by atoms with Crippen molar-refractivity contribution in [3.8, 4) is 0 Å². The average Bonchev–Trinajstić information content (AvgIpc) is 2.56. The molecule has 0 saturated carbocycles. The van der Waals surface area contributed by atoms with Gasteiger partial charge in [-0.15, -0.1) is 0 Å². The zero-order valence-corrected chi connectivity index (χ0v) is 16.9. The Morgan fingerprint density at radius 2 is 1.73 bits per heavy atom. The molecule has 0 spiro atoms. The van der Waals surface area contributed by atoms with Crippen molar-refractivity contribution in [2.45, 2.75) is 78.7 Å². The highest BCUT2D eigenvalue weighted by atomic mass is 16.6.